The summed E-state index contributed by atoms with van der Waals surface area (Å²) < 4.78 is 5.20. The van der Waals surface area contributed by atoms with Crippen molar-refractivity contribution in [2.24, 2.45) is 11.7 Å². The third-order valence-corrected chi connectivity index (χ3v) is 1.83. The van der Waals surface area contributed by atoms with Gasteiger partial charge < -0.3 is 15.4 Å². The molecule has 5 heteroatoms. The maximum absolute atomic E-state index is 11.7. The van der Waals surface area contributed by atoms with Gasteiger partial charge in [-0.3, -0.25) is 9.59 Å². The second kappa shape index (κ2) is 7.22. The van der Waals surface area contributed by atoms with Crippen molar-refractivity contribution >= 4 is 11.8 Å². The molecule has 0 radical (unpaired) electrons. The van der Waals surface area contributed by atoms with Crippen LogP contribution in [0.1, 0.15) is 27.7 Å². The third-order valence-electron chi connectivity index (χ3n) is 1.83. The van der Waals surface area contributed by atoms with E-state index < -0.39 is 5.91 Å². The van der Waals surface area contributed by atoms with Gasteiger partial charge in [0, 0.05) is 6.54 Å². The molecule has 5 nitrogen and oxygen atoms in total. The van der Waals surface area contributed by atoms with Gasteiger partial charge in [0.25, 0.3) is 0 Å². The molecule has 2 amide bonds. The third kappa shape index (κ3) is 7.23. The minimum absolute atomic E-state index is 0.00146. The smallest absolute Gasteiger partial charge is 0.249 e. The molecule has 0 aromatic heterocycles. The molecule has 0 heterocycles. The van der Waals surface area contributed by atoms with E-state index in [1.807, 2.05) is 27.7 Å². The number of rotatable bonds is 7. The first-order valence-corrected chi connectivity index (χ1v) is 5.50. The van der Waals surface area contributed by atoms with Crippen LogP contribution in [0.5, 0.6) is 0 Å². The molecule has 16 heavy (non-hydrogen) atoms. The standard InChI is InChI=1S/C11H22N2O3/c1-8(2)5-13(6-10(12)14)11(15)7-16-9(3)4/h8-9H,5-7H2,1-4H3,(H2,12,14). The summed E-state index contributed by atoms with van der Waals surface area (Å²) in [6, 6.07) is 0. The Bertz CT molecular complexity index is 239. The molecule has 0 unspecified atom stereocenters. The zero-order chi connectivity index (χ0) is 12.7. The van der Waals surface area contributed by atoms with Gasteiger partial charge in [-0.1, -0.05) is 13.8 Å². The van der Waals surface area contributed by atoms with Crippen molar-refractivity contribution in [1.82, 2.24) is 4.90 Å². The van der Waals surface area contributed by atoms with E-state index in [1.54, 1.807) is 0 Å². The fourth-order valence-corrected chi connectivity index (χ4v) is 1.21. The second-order valence-electron chi connectivity index (χ2n) is 4.49. The Balaban J connectivity index is 4.26. The molecule has 0 spiro atoms. The predicted octanol–water partition coefficient (Wildman–Crippen LogP) is 0.381. The van der Waals surface area contributed by atoms with Crippen molar-refractivity contribution in [3.05, 3.63) is 0 Å². The van der Waals surface area contributed by atoms with Crippen LogP contribution in [0.25, 0.3) is 0 Å². The van der Waals surface area contributed by atoms with Gasteiger partial charge in [-0.2, -0.15) is 0 Å². The number of nitrogens with two attached hydrogens (primary N) is 1. The summed E-state index contributed by atoms with van der Waals surface area (Å²) in [5.74, 6) is -0.401. The largest absolute Gasteiger partial charge is 0.369 e. The Kier molecular flexibility index (Phi) is 6.72. The zero-order valence-corrected chi connectivity index (χ0v) is 10.5. The lowest BCUT2D eigenvalue weighted by atomic mass is 10.2. The highest BCUT2D eigenvalue weighted by Crippen LogP contribution is 2.00. The molecule has 0 saturated carbocycles. The molecule has 0 atom stereocenters. The average molecular weight is 230 g/mol. The Morgan fingerprint density at radius 3 is 2.19 bits per heavy atom. The minimum atomic E-state index is -0.501. The van der Waals surface area contributed by atoms with E-state index in [2.05, 4.69) is 0 Å². The van der Waals surface area contributed by atoms with E-state index >= 15 is 0 Å². The lowest BCUT2D eigenvalue weighted by Gasteiger charge is -2.23. The first kappa shape index (κ1) is 14.9. The molecule has 0 saturated heterocycles. The van der Waals surface area contributed by atoms with Crippen LogP contribution in [-0.2, 0) is 14.3 Å². The molecule has 0 aliphatic heterocycles. The molecular formula is C11H22N2O3. The number of carbonyl (C=O) groups is 2. The van der Waals surface area contributed by atoms with Crippen molar-refractivity contribution < 1.29 is 14.3 Å². The lowest BCUT2D eigenvalue weighted by Crippen LogP contribution is -2.42. The zero-order valence-electron chi connectivity index (χ0n) is 10.5. The van der Waals surface area contributed by atoms with Crippen LogP contribution in [0, 0.1) is 5.92 Å². The van der Waals surface area contributed by atoms with Crippen molar-refractivity contribution in [1.29, 1.82) is 0 Å². The highest BCUT2D eigenvalue weighted by molar-refractivity contribution is 5.84. The topological polar surface area (TPSA) is 72.6 Å². The van der Waals surface area contributed by atoms with Crippen LogP contribution in [0.3, 0.4) is 0 Å². The molecule has 0 aliphatic carbocycles. The monoisotopic (exact) mass is 230 g/mol. The van der Waals surface area contributed by atoms with Gasteiger partial charge in [0.2, 0.25) is 11.8 Å². The Morgan fingerprint density at radius 2 is 1.81 bits per heavy atom. The normalized spacial score (nSPS) is 10.9. The van der Waals surface area contributed by atoms with Crippen molar-refractivity contribution in [2.75, 3.05) is 19.7 Å². The van der Waals surface area contributed by atoms with E-state index in [-0.39, 0.29) is 25.2 Å². The molecule has 0 aliphatic rings. The lowest BCUT2D eigenvalue weighted by molar-refractivity contribution is -0.141. The quantitative estimate of drug-likeness (QED) is 0.687. The molecule has 2 N–H and O–H groups in total. The first-order valence-electron chi connectivity index (χ1n) is 5.50. The Morgan fingerprint density at radius 1 is 1.25 bits per heavy atom. The summed E-state index contributed by atoms with van der Waals surface area (Å²) in [6.45, 7) is 8.14. The molecule has 0 bridgehead atoms. The molecule has 0 aromatic rings. The van der Waals surface area contributed by atoms with E-state index in [9.17, 15) is 9.59 Å². The van der Waals surface area contributed by atoms with Crippen molar-refractivity contribution in [3.63, 3.8) is 0 Å². The van der Waals surface area contributed by atoms with E-state index in [0.717, 1.165) is 0 Å². The van der Waals surface area contributed by atoms with E-state index in [4.69, 9.17) is 10.5 Å². The summed E-state index contributed by atoms with van der Waals surface area (Å²) in [4.78, 5) is 24.0. The highest BCUT2D eigenvalue weighted by Gasteiger charge is 2.17. The minimum Gasteiger partial charge on any atom is -0.369 e. The van der Waals surface area contributed by atoms with Crippen LogP contribution in [0.4, 0.5) is 0 Å². The summed E-state index contributed by atoms with van der Waals surface area (Å²) in [5, 5.41) is 0. The van der Waals surface area contributed by atoms with Gasteiger partial charge in [0.05, 0.1) is 12.6 Å². The Hall–Kier alpha value is -1.10. The number of carbonyl (C=O) groups excluding carboxylic acids is 2. The molecule has 0 aromatic carbocycles. The molecule has 0 fully saturated rings. The number of hydrogen-bond donors (Lipinski definition) is 1. The van der Waals surface area contributed by atoms with Crippen LogP contribution >= 0.6 is 0 Å². The van der Waals surface area contributed by atoms with Crippen LogP contribution in [0.2, 0.25) is 0 Å². The van der Waals surface area contributed by atoms with Gasteiger partial charge in [0.1, 0.15) is 6.61 Å². The Labute approximate surface area is 96.9 Å². The summed E-state index contributed by atoms with van der Waals surface area (Å²) >= 11 is 0. The van der Waals surface area contributed by atoms with E-state index in [0.29, 0.717) is 12.5 Å². The average Bonchev–Trinajstić information content (AvgIpc) is 2.11. The SMILES string of the molecule is CC(C)CN(CC(N)=O)C(=O)COC(C)C. The number of amides is 2. The van der Waals surface area contributed by atoms with Gasteiger partial charge >= 0.3 is 0 Å². The number of nitrogens with zero attached hydrogens (tertiary/aromatic N) is 1. The first-order chi connectivity index (χ1) is 7.32. The molecule has 94 valence electrons. The van der Waals surface area contributed by atoms with Crippen LogP contribution < -0.4 is 5.73 Å². The van der Waals surface area contributed by atoms with Crippen molar-refractivity contribution in [2.45, 2.75) is 33.8 Å². The fourth-order valence-electron chi connectivity index (χ4n) is 1.21. The van der Waals surface area contributed by atoms with Gasteiger partial charge in [0.15, 0.2) is 0 Å². The second-order valence-corrected chi connectivity index (χ2v) is 4.49. The fraction of sp³-hybridized carbons (Fsp3) is 0.818. The number of primary amides is 1. The van der Waals surface area contributed by atoms with Gasteiger partial charge in [-0.25, -0.2) is 0 Å². The maximum atomic E-state index is 11.7. The maximum Gasteiger partial charge on any atom is 0.249 e. The summed E-state index contributed by atoms with van der Waals surface area (Å²) in [7, 11) is 0. The summed E-state index contributed by atoms with van der Waals surface area (Å²) in [5.41, 5.74) is 5.09. The van der Waals surface area contributed by atoms with E-state index in [1.165, 1.54) is 4.90 Å². The number of hydrogen-bond acceptors (Lipinski definition) is 3. The highest BCUT2D eigenvalue weighted by atomic mass is 16.5. The summed E-state index contributed by atoms with van der Waals surface area (Å²) in [6.07, 6.45) is -0.00146. The predicted molar refractivity (Wildman–Crippen MR) is 61.7 cm³/mol. The van der Waals surface area contributed by atoms with Crippen LogP contribution in [-0.4, -0.2) is 42.5 Å². The van der Waals surface area contributed by atoms with Crippen molar-refractivity contribution in [3.8, 4) is 0 Å². The molecular weight excluding hydrogens is 208 g/mol. The molecule has 0 rings (SSSR count). The van der Waals surface area contributed by atoms with Gasteiger partial charge in [-0.05, 0) is 19.8 Å². The van der Waals surface area contributed by atoms with Gasteiger partial charge in [-0.15, -0.1) is 0 Å². The number of ether oxygens (including phenoxy) is 1. The van der Waals surface area contributed by atoms with Crippen LogP contribution in [0.15, 0.2) is 0 Å².